The maximum absolute atomic E-state index is 11.9. The number of hydrogen-bond donors (Lipinski definition) is 4. The van der Waals surface area contributed by atoms with Crippen molar-refractivity contribution >= 4 is 17.8 Å². The second-order valence-corrected chi connectivity index (χ2v) is 4.58. The van der Waals surface area contributed by atoms with Crippen molar-refractivity contribution in [2.45, 2.75) is 0 Å². The number of aliphatic hydroxyl groups is 1. The molecule has 22 heavy (non-hydrogen) atoms. The van der Waals surface area contributed by atoms with Crippen LogP contribution in [0, 0.1) is 0 Å². The van der Waals surface area contributed by atoms with Crippen molar-refractivity contribution in [3.05, 3.63) is 55.7 Å². The fourth-order valence-electron chi connectivity index (χ4n) is 1.74. The van der Waals surface area contributed by atoms with Gasteiger partial charge < -0.3 is 15.6 Å². The summed E-state index contributed by atoms with van der Waals surface area (Å²) in [5.41, 5.74) is 0.856. The summed E-state index contributed by atoms with van der Waals surface area (Å²) in [4.78, 5) is 25.8. The smallest absolute Gasteiger partial charge is 0.335 e. The monoisotopic (exact) mass is 324 g/mol. The number of nitrogens with one attached hydrogen (secondary N) is 2. The van der Waals surface area contributed by atoms with E-state index in [4.69, 9.17) is 16.7 Å². The van der Waals surface area contributed by atoms with Crippen LogP contribution in [0.25, 0.3) is 5.69 Å². The number of rotatable bonds is 5. The molecule has 0 aliphatic carbocycles. The van der Waals surface area contributed by atoms with Crippen molar-refractivity contribution in [1.82, 2.24) is 15.0 Å². The minimum atomic E-state index is -0.823. The van der Waals surface area contributed by atoms with Crippen LogP contribution in [0.1, 0.15) is 5.56 Å². The lowest BCUT2D eigenvalue weighted by molar-refractivity contribution is 0.294. The van der Waals surface area contributed by atoms with Crippen molar-refractivity contribution in [2.75, 3.05) is 13.2 Å². The number of aromatic amines is 1. The molecular formula is C13H13ClN4O4. The molecule has 2 rings (SSSR count). The Balaban J connectivity index is 2.57. The van der Waals surface area contributed by atoms with Gasteiger partial charge in [-0.05, 0) is 12.1 Å². The Kier molecular flexibility index (Phi) is 4.97. The molecule has 0 bridgehead atoms. The molecule has 0 aliphatic rings. The van der Waals surface area contributed by atoms with E-state index >= 15 is 0 Å². The first-order valence-electron chi connectivity index (χ1n) is 6.26. The molecule has 0 aliphatic heterocycles. The summed E-state index contributed by atoms with van der Waals surface area (Å²) in [5.74, 6) is -0.587. The van der Waals surface area contributed by atoms with Crippen molar-refractivity contribution < 1.29 is 10.2 Å². The van der Waals surface area contributed by atoms with Crippen LogP contribution in [0.5, 0.6) is 5.88 Å². The van der Waals surface area contributed by atoms with Crippen LogP contribution in [0.2, 0.25) is 5.02 Å². The second-order valence-electron chi connectivity index (χ2n) is 4.17. The zero-order valence-corrected chi connectivity index (χ0v) is 12.0. The van der Waals surface area contributed by atoms with E-state index in [0.29, 0.717) is 0 Å². The molecule has 4 N–H and O–H groups in total. The Labute approximate surface area is 129 Å². The molecule has 1 aromatic carbocycles. The summed E-state index contributed by atoms with van der Waals surface area (Å²) in [6.45, 7) is 0.0398. The van der Waals surface area contributed by atoms with Gasteiger partial charge in [-0.2, -0.15) is 5.10 Å². The molecule has 116 valence electrons. The maximum atomic E-state index is 11.9. The van der Waals surface area contributed by atoms with Crippen LogP contribution in [0.15, 0.2) is 39.0 Å². The Hall–Kier alpha value is -2.58. The number of hydrogen-bond acceptors (Lipinski definition) is 6. The minimum Gasteiger partial charge on any atom is -0.493 e. The van der Waals surface area contributed by atoms with Gasteiger partial charge in [-0.3, -0.25) is 9.78 Å². The summed E-state index contributed by atoms with van der Waals surface area (Å²) in [5, 5.41) is 22.7. The SMILES string of the molecule is O=c1[nH]c(=O)n(-c2ccccc2Cl)c(O)c1/C=N/NCCO. The van der Waals surface area contributed by atoms with E-state index in [2.05, 4.69) is 15.5 Å². The predicted molar refractivity (Wildman–Crippen MR) is 82.0 cm³/mol. The molecule has 0 radical (unpaired) electrons. The highest BCUT2D eigenvalue weighted by Crippen LogP contribution is 2.22. The topological polar surface area (TPSA) is 120 Å². The summed E-state index contributed by atoms with van der Waals surface area (Å²) in [6, 6.07) is 6.37. The van der Waals surface area contributed by atoms with Gasteiger partial charge in [0.2, 0.25) is 5.88 Å². The molecule has 0 fully saturated rings. The molecule has 9 heteroatoms. The van der Waals surface area contributed by atoms with Gasteiger partial charge in [0.25, 0.3) is 5.56 Å². The predicted octanol–water partition coefficient (Wildman–Crippen LogP) is -0.199. The van der Waals surface area contributed by atoms with E-state index in [0.717, 1.165) is 10.8 Å². The molecular weight excluding hydrogens is 312 g/mol. The first-order valence-corrected chi connectivity index (χ1v) is 6.64. The number of hydrazone groups is 1. The van der Waals surface area contributed by atoms with Crippen LogP contribution in [-0.4, -0.2) is 39.1 Å². The van der Waals surface area contributed by atoms with Gasteiger partial charge in [0.05, 0.1) is 30.1 Å². The van der Waals surface area contributed by atoms with E-state index < -0.39 is 17.1 Å². The average Bonchev–Trinajstić information content (AvgIpc) is 2.48. The number of nitrogens with zero attached hydrogens (tertiary/aromatic N) is 2. The Morgan fingerprint density at radius 2 is 2.09 bits per heavy atom. The third kappa shape index (κ3) is 3.18. The number of halogens is 1. The molecule has 0 atom stereocenters. The molecule has 2 aromatic rings. The number of para-hydroxylation sites is 1. The van der Waals surface area contributed by atoms with E-state index in [1.165, 1.54) is 6.07 Å². The number of aromatic nitrogens is 2. The Morgan fingerprint density at radius 1 is 1.36 bits per heavy atom. The van der Waals surface area contributed by atoms with E-state index in [1.807, 2.05) is 0 Å². The number of benzene rings is 1. The molecule has 0 unspecified atom stereocenters. The van der Waals surface area contributed by atoms with Crippen LogP contribution >= 0.6 is 11.6 Å². The van der Waals surface area contributed by atoms with Gasteiger partial charge in [0.1, 0.15) is 5.56 Å². The third-order valence-electron chi connectivity index (χ3n) is 2.72. The summed E-state index contributed by atoms with van der Waals surface area (Å²) in [7, 11) is 0. The lowest BCUT2D eigenvalue weighted by atomic mass is 10.3. The fraction of sp³-hybridized carbons (Fsp3) is 0.154. The van der Waals surface area contributed by atoms with Crippen LogP contribution in [-0.2, 0) is 0 Å². The van der Waals surface area contributed by atoms with Gasteiger partial charge in [-0.25, -0.2) is 9.36 Å². The first kappa shape index (κ1) is 15.8. The zero-order chi connectivity index (χ0) is 16.1. The lowest BCUT2D eigenvalue weighted by Gasteiger charge is -2.10. The van der Waals surface area contributed by atoms with Gasteiger partial charge in [-0.15, -0.1) is 0 Å². The molecule has 0 saturated carbocycles. The zero-order valence-electron chi connectivity index (χ0n) is 11.3. The summed E-state index contributed by atoms with van der Waals surface area (Å²) < 4.78 is 0.872. The Bertz CT molecular complexity index is 812. The average molecular weight is 325 g/mol. The summed E-state index contributed by atoms with van der Waals surface area (Å²) in [6.07, 6.45) is 1.05. The molecule has 0 spiro atoms. The summed E-state index contributed by atoms with van der Waals surface area (Å²) >= 11 is 6.00. The molecule has 1 aromatic heterocycles. The van der Waals surface area contributed by atoms with Gasteiger partial charge in [0.15, 0.2) is 0 Å². The normalized spacial score (nSPS) is 11.0. The van der Waals surface area contributed by atoms with E-state index in [1.54, 1.807) is 18.2 Å². The number of aliphatic hydroxyl groups excluding tert-OH is 1. The second kappa shape index (κ2) is 6.92. The quantitative estimate of drug-likeness (QED) is 0.345. The van der Waals surface area contributed by atoms with Crippen molar-refractivity contribution in [1.29, 1.82) is 0 Å². The molecule has 0 amide bonds. The third-order valence-corrected chi connectivity index (χ3v) is 3.04. The Morgan fingerprint density at radius 3 is 2.77 bits per heavy atom. The highest BCUT2D eigenvalue weighted by Gasteiger charge is 2.15. The number of aromatic hydroxyl groups is 1. The molecule has 8 nitrogen and oxygen atoms in total. The largest absolute Gasteiger partial charge is 0.493 e. The van der Waals surface area contributed by atoms with Crippen LogP contribution in [0.3, 0.4) is 0 Å². The standard InChI is InChI=1S/C13H13ClN4O4/c14-9-3-1-2-4-10(9)18-12(21)8(7-16-15-5-6-19)11(20)17-13(18)22/h1-4,7,15,19,21H,5-6H2,(H,17,20,22)/b16-7+. The van der Waals surface area contributed by atoms with Gasteiger partial charge in [0, 0.05) is 0 Å². The van der Waals surface area contributed by atoms with Crippen LogP contribution in [0.4, 0.5) is 0 Å². The highest BCUT2D eigenvalue weighted by atomic mass is 35.5. The van der Waals surface area contributed by atoms with Crippen LogP contribution < -0.4 is 16.7 Å². The highest BCUT2D eigenvalue weighted by molar-refractivity contribution is 6.32. The maximum Gasteiger partial charge on any atom is 0.335 e. The van der Waals surface area contributed by atoms with Gasteiger partial charge in [-0.1, -0.05) is 23.7 Å². The van der Waals surface area contributed by atoms with E-state index in [9.17, 15) is 14.7 Å². The van der Waals surface area contributed by atoms with Gasteiger partial charge >= 0.3 is 5.69 Å². The number of H-pyrrole nitrogens is 1. The fourth-order valence-corrected chi connectivity index (χ4v) is 1.96. The first-order chi connectivity index (χ1) is 10.6. The molecule has 1 heterocycles. The lowest BCUT2D eigenvalue weighted by Crippen LogP contribution is -2.31. The van der Waals surface area contributed by atoms with E-state index in [-0.39, 0.29) is 29.4 Å². The molecule has 0 saturated heterocycles. The van der Waals surface area contributed by atoms with Crippen molar-refractivity contribution in [3.63, 3.8) is 0 Å². The minimum absolute atomic E-state index is 0.140. The van der Waals surface area contributed by atoms with Crippen molar-refractivity contribution in [3.8, 4) is 11.6 Å². The van der Waals surface area contributed by atoms with Crippen molar-refractivity contribution in [2.24, 2.45) is 5.10 Å².